The molecule has 0 saturated heterocycles. The number of rotatable bonds is 0. The molecule has 2 aliphatic rings. The predicted molar refractivity (Wildman–Crippen MR) is 62.2 cm³/mol. The molecule has 1 saturated carbocycles. The first-order valence-electron chi connectivity index (χ1n) is 5.85. The van der Waals surface area contributed by atoms with E-state index >= 15 is 0 Å². The van der Waals surface area contributed by atoms with Crippen LogP contribution in [-0.2, 0) is 0 Å². The van der Waals surface area contributed by atoms with Gasteiger partial charge in [-0.3, -0.25) is 0 Å². The summed E-state index contributed by atoms with van der Waals surface area (Å²) in [4.78, 5) is 4.42. The molecule has 1 aromatic rings. The van der Waals surface area contributed by atoms with Gasteiger partial charge in [0.05, 0.1) is 5.69 Å². The summed E-state index contributed by atoms with van der Waals surface area (Å²) < 4.78 is 0. The van der Waals surface area contributed by atoms with Crippen molar-refractivity contribution in [2.45, 2.75) is 37.6 Å². The molecule has 1 fully saturated rings. The Bertz CT molecular complexity index is 356. The predicted octanol–water partition coefficient (Wildman–Crippen LogP) is 2.62. The molecule has 80 valence electrons. The summed E-state index contributed by atoms with van der Waals surface area (Å²) >= 11 is 0. The number of fused-ring (bicyclic) bond motifs is 1. The van der Waals surface area contributed by atoms with Gasteiger partial charge in [0.1, 0.15) is 5.82 Å². The molecular weight excluding hydrogens is 186 g/mol. The first kappa shape index (κ1) is 9.01. The van der Waals surface area contributed by atoms with Gasteiger partial charge in [-0.05, 0) is 31.4 Å². The van der Waals surface area contributed by atoms with Gasteiger partial charge in [0.15, 0.2) is 0 Å². The van der Waals surface area contributed by atoms with E-state index in [0.29, 0.717) is 5.54 Å². The molecular formula is C12H17N3. The van der Waals surface area contributed by atoms with Gasteiger partial charge in [-0.2, -0.15) is 0 Å². The molecule has 2 heterocycles. The van der Waals surface area contributed by atoms with Crippen LogP contribution in [0.1, 0.15) is 32.1 Å². The van der Waals surface area contributed by atoms with Crippen LogP contribution in [0.5, 0.6) is 0 Å². The van der Waals surface area contributed by atoms with Crippen molar-refractivity contribution in [1.29, 1.82) is 0 Å². The van der Waals surface area contributed by atoms with Crippen LogP contribution in [0.2, 0.25) is 0 Å². The Kier molecular flexibility index (Phi) is 2.04. The standard InChI is InChI=1S/C12H17N3/c1-2-6-12(5-1)7-9-13-10-4-3-8-14-11(10)15-12/h3-4,8,13H,1-2,5-7,9H2,(H,14,15). The molecule has 3 heteroatoms. The van der Waals surface area contributed by atoms with E-state index in [1.807, 2.05) is 12.3 Å². The number of hydrogen-bond donors (Lipinski definition) is 2. The van der Waals surface area contributed by atoms with E-state index in [1.165, 1.54) is 32.1 Å². The number of aromatic nitrogens is 1. The average Bonchev–Trinajstić information content (AvgIpc) is 2.61. The molecule has 1 aliphatic heterocycles. The largest absolute Gasteiger partial charge is 0.382 e. The van der Waals surface area contributed by atoms with Gasteiger partial charge in [-0.25, -0.2) is 4.98 Å². The van der Waals surface area contributed by atoms with E-state index in [1.54, 1.807) is 0 Å². The molecule has 0 atom stereocenters. The summed E-state index contributed by atoms with van der Waals surface area (Å²) in [5.41, 5.74) is 1.48. The topological polar surface area (TPSA) is 37.0 Å². The van der Waals surface area contributed by atoms with Crippen LogP contribution in [0.25, 0.3) is 0 Å². The van der Waals surface area contributed by atoms with Gasteiger partial charge in [0, 0.05) is 18.3 Å². The van der Waals surface area contributed by atoms with E-state index in [2.05, 4.69) is 21.7 Å². The number of nitrogens with one attached hydrogen (secondary N) is 2. The molecule has 1 aromatic heterocycles. The molecule has 0 bridgehead atoms. The summed E-state index contributed by atoms with van der Waals surface area (Å²) in [7, 11) is 0. The summed E-state index contributed by atoms with van der Waals surface area (Å²) in [6.07, 6.45) is 8.38. The number of hydrogen-bond acceptors (Lipinski definition) is 3. The lowest BCUT2D eigenvalue weighted by molar-refractivity contribution is 0.459. The molecule has 3 nitrogen and oxygen atoms in total. The maximum absolute atomic E-state index is 4.42. The number of anilines is 2. The van der Waals surface area contributed by atoms with Gasteiger partial charge in [-0.1, -0.05) is 12.8 Å². The first-order chi connectivity index (χ1) is 7.38. The van der Waals surface area contributed by atoms with E-state index in [9.17, 15) is 0 Å². The lowest BCUT2D eigenvalue weighted by atomic mass is 9.93. The molecule has 0 unspecified atom stereocenters. The maximum atomic E-state index is 4.42. The van der Waals surface area contributed by atoms with E-state index in [4.69, 9.17) is 0 Å². The monoisotopic (exact) mass is 203 g/mol. The van der Waals surface area contributed by atoms with Crippen molar-refractivity contribution >= 4 is 11.5 Å². The van der Waals surface area contributed by atoms with E-state index < -0.39 is 0 Å². The zero-order valence-corrected chi connectivity index (χ0v) is 8.92. The van der Waals surface area contributed by atoms with Gasteiger partial charge >= 0.3 is 0 Å². The van der Waals surface area contributed by atoms with Gasteiger partial charge in [-0.15, -0.1) is 0 Å². The van der Waals surface area contributed by atoms with Crippen LogP contribution in [0, 0.1) is 0 Å². The van der Waals surface area contributed by atoms with Gasteiger partial charge in [0.2, 0.25) is 0 Å². The Morgan fingerprint density at radius 3 is 2.93 bits per heavy atom. The van der Waals surface area contributed by atoms with Crippen LogP contribution in [0.3, 0.4) is 0 Å². The second-order valence-corrected chi connectivity index (χ2v) is 4.69. The third-order valence-corrected chi connectivity index (χ3v) is 3.67. The second-order valence-electron chi connectivity index (χ2n) is 4.69. The molecule has 1 spiro atoms. The Labute approximate surface area is 90.3 Å². The van der Waals surface area contributed by atoms with Crippen LogP contribution in [-0.4, -0.2) is 17.1 Å². The summed E-state index contributed by atoms with van der Waals surface area (Å²) in [6.45, 7) is 1.06. The third-order valence-electron chi connectivity index (χ3n) is 3.67. The molecule has 0 aromatic carbocycles. The zero-order valence-electron chi connectivity index (χ0n) is 8.92. The quantitative estimate of drug-likeness (QED) is 0.680. The Morgan fingerprint density at radius 2 is 2.07 bits per heavy atom. The molecule has 0 radical (unpaired) electrons. The average molecular weight is 203 g/mol. The second kappa shape index (κ2) is 3.40. The third kappa shape index (κ3) is 1.56. The highest BCUT2D eigenvalue weighted by Crippen LogP contribution is 2.38. The summed E-state index contributed by atoms with van der Waals surface area (Å²) in [5.74, 6) is 1.04. The first-order valence-corrected chi connectivity index (χ1v) is 5.85. The van der Waals surface area contributed by atoms with Crippen LogP contribution >= 0.6 is 0 Å². The highest BCUT2D eigenvalue weighted by atomic mass is 15.1. The van der Waals surface area contributed by atoms with Crippen molar-refractivity contribution < 1.29 is 0 Å². The smallest absolute Gasteiger partial charge is 0.149 e. The molecule has 1 aliphatic carbocycles. The lowest BCUT2D eigenvalue weighted by Crippen LogP contribution is -2.35. The fourth-order valence-corrected chi connectivity index (χ4v) is 2.82. The van der Waals surface area contributed by atoms with E-state index in [0.717, 1.165) is 18.1 Å². The van der Waals surface area contributed by atoms with Crippen molar-refractivity contribution in [2.24, 2.45) is 0 Å². The molecule has 3 rings (SSSR count). The Balaban J connectivity index is 1.94. The zero-order chi connectivity index (χ0) is 10.1. The van der Waals surface area contributed by atoms with E-state index in [-0.39, 0.29) is 0 Å². The summed E-state index contributed by atoms with van der Waals surface area (Å²) in [6, 6.07) is 4.09. The maximum Gasteiger partial charge on any atom is 0.149 e. The molecule has 2 N–H and O–H groups in total. The Morgan fingerprint density at radius 1 is 1.20 bits per heavy atom. The highest BCUT2D eigenvalue weighted by Gasteiger charge is 2.35. The minimum Gasteiger partial charge on any atom is -0.382 e. The SMILES string of the molecule is c1cnc2c(c1)NCCC1(CCCC1)N2. The van der Waals surface area contributed by atoms with Crippen molar-refractivity contribution in [3.8, 4) is 0 Å². The van der Waals surface area contributed by atoms with Crippen molar-refractivity contribution in [3.05, 3.63) is 18.3 Å². The molecule has 0 amide bonds. The van der Waals surface area contributed by atoms with Gasteiger partial charge in [0.25, 0.3) is 0 Å². The van der Waals surface area contributed by atoms with Crippen molar-refractivity contribution in [2.75, 3.05) is 17.2 Å². The highest BCUT2D eigenvalue weighted by molar-refractivity contribution is 5.65. The summed E-state index contributed by atoms with van der Waals surface area (Å²) in [5, 5.41) is 7.11. The van der Waals surface area contributed by atoms with Crippen LogP contribution < -0.4 is 10.6 Å². The Hall–Kier alpha value is -1.25. The van der Waals surface area contributed by atoms with Crippen LogP contribution in [0.4, 0.5) is 11.5 Å². The lowest BCUT2D eigenvalue weighted by Gasteiger charge is -2.28. The fourth-order valence-electron chi connectivity index (χ4n) is 2.82. The number of nitrogens with zero attached hydrogens (tertiary/aromatic N) is 1. The van der Waals surface area contributed by atoms with Crippen molar-refractivity contribution in [1.82, 2.24) is 4.98 Å². The minimum absolute atomic E-state index is 0.326. The minimum atomic E-state index is 0.326. The number of pyridine rings is 1. The molecule has 15 heavy (non-hydrogen) atoms. The van der Waals surface area contributed by atoms with Gasteiger partial charge < -0.3 is 10.6 Å². The van der Waals surface area contributed by atoms with Crippen LogP contribution in [0.15, 0.2) is 18.3 Å². The van der Waals surface area contributed by atoms with Crippen molar-refractivity contribution in [3.63, 3.8) is 0 Å². The fraction of sp³-hybridized carbons (Fsp3) is 0.583. The normalized spacial score (nSPS) is 22.7.